The Morgan fingerprint density at radius 3 is 1.93 bits per heavy atom. The molecular formula is C23H42O4. The number of carboxylic acids is 1. The Labute approximate surface area is 166 Å². The molecule has 0 radical (unpaired) electrons. The van der Waals surface area contributed by atoms with Gasteiger partial charge >= 0.3 is 11.9 Å². The largest absolute Gasteiger partial charge is 0.481 e. The molecule has 0 aliphatic rings. The fraction of sp³-hybridized carbons (Fsp3) is 0.826. The molecule has 0 saturated carbocycles. The molecule has 0 aromatic rings. The Morgan fingerprint density at radius 2 is 1.37 bits per heavy atom. The van der Waals surface area contributed by atoms with Gasteiger partial charge in [0.1, 0.15) is 0 Å². The van der Waals surface area contributed by atoms with Crippen LogP contribution < -0.4 is 0 Å². The van der Waals surface area contributed by atoms with Crippen LogP contribution in [0.15, 0.2) is 12.2 Å². The quantitative estimate of drug-likeness (QED) is 0.154. The number of carbonyl (C=O) groups is 2. The van der Waals surface area contributed by atoms with Crippen LogP contribution in [0.1, 0.15) is 110 Å². The van der Waals surface area contributed by atoms with Crippen molar-refractivity contribution in [2.24, 2.45) is 5.92 Å². The third kappa shape index (κ3) is 17.8. The van der Waals surface area contributed by atoms with Crippen molar-refractivity contribution < 1.29 is 19.4 Å². The van der Waals surface area contributed by atoms with E-state index in [0.29, 0.717) is 13.0 Å². The number of aliphatic carboxylic acids is 1. The predicted molar refractivity (Wildman–Crippen MR) is 112 cm³/mol. The SMILES string of the molecule is CCCCCCCCC/C=C/CCCCCC(CC(=O)OCCC)C(=O)O. The van der Waals surface area contributed by atoms with Gasteiger partial charge < -0.3 is 9.84 Å². The molecule has 0 amide bonds. The van der Waals surface area contributed by atoms with E-state index in [-0.39, 0.29) is 6.42 Å². The van der Waals surface area contributed by atoms with Gasteiger partial charge in [-0.3, -0.25) is 9.59 Å². The van der Waals surface area contributed by atoms with Crippen molar-refractivity contribution in [3.8, 4) is 0 Å². The van der Waals surface area contributed by atoms with Crippen molar-refractivity contribution in [1.29, 1.82) is 0 Å². The van der Waals surface area contributed by atoms with Crippen molar-refractivity contribution >= 4 is 11.9 Å². The van der Waals surface area contributed by atoms with Crippen LogP contribution in [0.4, 0.5) is 0 Å². The number of ether oxygens (including phenoxy) is 1. The summed E-state index contributed by atoms with van der Waals surface area (Å²) in [5.41, 5.74) is 0. The molecule has 0 aromatic heterocycles. The first-order chi connectivity index (χ1) is 13.1. The average molecular weight is 383 g/mol. The van der Waals surface area contributed by atoms with Gasteiger partial charge in [-0.15, -0.1) is 0 Å². The molecule has 4 heteroatoms. The number of rotatable bonds is 19. The highest BCUT2D eigenvalue weighted by Gasteiger charge is 2.21. The van der Waals surface area contributed by atoms with Gasteiger partial charge in [0.05, 0.1) is 18.9 Å². The van der Waals surface area contributed by atoms with Gasteiger partial charge in [0.25, 0.3) is 0 Å². The average Bonchev–Trinajstić information content (AvgIpc) is 2.65. The van der Waals surface area contributed by atoms with E-state index in [1.54, 1.807) is 0 Å². The normalized spacial score (nSPS) is 12.4. The lowest BCUT2D eigenvalue weighted by Crippen LogP contribution is -2.19. The highest BCUT2D eigenvalue weighted by Crippen LogP contribution is 2.16. The number of hydrogen-bond acceptors (Lipinski definition) is 3. The maximum Gasteiger partial charge on any atom is 0.307 e. The highest BCUT2D eigenvalue weighted by molar-refractivity contribution is 5.78. The smallest absolute Gasteiger partial charge is 0.307 e. The highest BCUT2D eigenvalue weighted by atomic mass is 16.5. The van der Waals surface area contributed by atoms with Gasteiger partial charge in [0, 0.05) is 0 Å². The van der Waals surface area contributed by atoms with Gasteiger partial charge in [0.2, 0.25) is 0 Å². The van der Waals surface area contributed by atoms with Crippen LogP contribution in [-0.2, 0) is 14.3 Å². The fourth-order valence-electron chi connectivity index (χ4n) is 3.07. The Balaban J connectivity index is 3.58. The topological polar surface area (TPSA) is 63.6 Å². The van der Waals surface area contributed by atoms with E-state index >= 15 is 0 Å². The van der Waals surface area contributed by atoms with E-state index in [9.17, 15) is 14.7 Å². The molecule has 0 heterocycles. The lowest BCUT2D eigenvalue weighted by molar-refractivity contribution is -0.151. The predicted octanol–water partition coefficient (Wildman–Crippen LogP) is 6.68. The summed E-state index contributed by atoms with van der Waals surface area (Å²) < 4.78 is 4.98. The zero-order valence-corrected chi connectivity index (χ0v) is 17.7. The second kappa shape index (κ2) is 19.4. The molecule has 158 valence electrons. The lowest BCUT2D eigenvalue weighted by atomic mass is 9.97. The summed E-state index contributed by atoms with van der Waals surface area (Å²) in [4.78, 5) is 22.8. The van der Waals surface area contributed by atoms with Gasteiger partial charge in [-0.05, 0) is 38.5 Å². The minimum atomic E-state index is -0.891. The maximum absolute atomic E-state index is 11.6. The minimum absolute atomic E-state index is 0.00627. The molecule has 0 fully saturated rings. The van der Waals surface area contributed by atoms with Crippen LogP contribution in [0, 0.1) is 5.92 Å². The van der Waals surface area contributed by atoms with Crippen LogP contribution in [-0.4, -0.2) is 23.7 Å². The number of allylic oxidation sites excluding steroid dienone is 2. The molecule has 0 saturated heterocycles. The van der Waals surface area contributed by atoms with E-state index in [1.807, 2.05) is 6.92 Å². The number of carbonyl (C=O) groups excluding carboxylic acids is 1. The number of unbranched alkanes of at least 4 members (excludes halogenated alkanes) is 10. The van der Waals surface area contributed by atoms with Crippen LogP contribution in [0.2, 0.25) is 0 Å². The Bertz CT molecular complexity index is 390. The first-order valence-corrected chi connectivity index (χ1v) is 11.1. The molecule has 0 aliphatic carbocycles. The molecule has 0 spiro atoms. The molecule has 0 aliphatic heterocycles. The standard InChI is InChI=1S/C23H42O4/c1-3-5-6-7-8-9-10-11-12-13-14-15-16-17-18-21(23(25)26)20-22(24)27-19-4-2/h12-13,21H,3-11,14-20H2,1-2H3,(H,25,26)/b13-12+. The molecule has 1 unspecified atom stereocenters. The molecule has 0 rings (SSSR count). The van der Waals surface area contributed by atoms with E-state index in [4.69, 9.17) is 4.74 Å². The Hall–Kier alpha value is -1.32. The second-order valence-corrected chi connectivity index (χ2v) is 7.48. The fourth-order valence-corrected chi connectivity index (χ4v) is 3.07. The molecule has 4 nitrogen and oxygen atoms in total. The summed E-state index contributed by atoms with van der Waals surface area (Å²) in [6.45, 7) is 4.54. The molecular weight excluding hydrogens is 340 g/mol. The molecule has 0 aromatic carbocycles. The van der Waals surface area contributed by atoms with E-state index in [2.05, 4.69) is 19.1 Å². The summed E-state index contributed by atoms with van der Waals surface area (Å²) in [5, 5.41) is 9.23. The monoisotopic (exact) mass is 382 g/mol. The van der Waals surface area contributed by atoms with Crippen molar-refractivity contribution in [3.63, 3.8) is 0 Å². The third-order valence-corrected chi connectivity index (χ3v) is 4.79. The number of carboxylic acid groups (broad SMARTS) is 1. The molecule has 0 bridgehead atoms. The van der Waals surface area contributed by atoms with E-state index in [0.717, 1.165) is 32.1 Å². The molecule has 1 atom stereocenters. The van der Waals surface area contributed by atoms with Gasteiger partial charge in [0.15, 0.2) is 0 Å². The van der Waals surface area contributed by atoms with Gasteiger partial charge in [-0.1, -0.05) is 77.4 Å². The Kier molecular flexibility index (Phi) is 18.5. The van der Waals surface area contributed by atoms with Crippen molar-refractivity contribution in [3.05, 3.63) is 12.2 Å². The van der Waals surface area contributed by atoms with Crippen molar-refractivity contribution in [2.45, 2.75) is 110 Å². The first-order valence-electron chi connectivity index (χ1n) is 11.1. The summed E-state index contributed by atoms with van der Waals surface area (Å²) in [7, 11) is 0. The number of hydrogen-bond donors (Lipinski definition) is 1. The summed E-state index contributed by atoms with van der Waals surface area (Å²) in [6.07, 6.45) is 20.5. The minimum Gasteiger partial charge on any atom is -0.481 e. The summed E-state index contributed by atoms with van der Waals surface area (Å²) >= 11 is 0. The van der Waals surface area contributed by atoms with E-state index < -0.39 is 17.9 Å². The molecule has 1 N–H and O–H groups in total. The van der Waals surface area contributed by atoms with Crippen LogP contribution >= 0.6 is 0 Å². The first kappa shape index (κ1) is 25.7. The second-order valence-electron chi connectivity index (χ2n) is 7.48. The van der Waals surface area contributed by atoms with Gasteiger partial charge in [-0.2, -0.15) is 0 Å². The molecule has 27 heavy (non-hydrogen) atoms. The zero-order valence-electron chi connectivity index (χ0n) is 17.7. The van der Waals surface area contributed by atoms with Crippen LogP contribution in [0.5, 0.6) is 0 Å². The van der Waals surface area contributed by atoms with Crippen LogP contribution in [0.25, 0.3) is 0 Å². The maximum atomic E-state index is 11.6. The third-order valence-electron chi connectivity index (χ3n) is 4.79. The van der Waals surface area contributed by atoms with E-state index in [1.165, 1.54) is 51.4 Å². The summed E-state index contributed by atoms with van der Waals surface area (Å²) in [6, 6.07) is 0. The number of esters is 1. The van der Waals surface area contributed by atoms with Crippen molar-refractivity contribution in [1.82, 2.24) is 0 Å². The summed E-state index contributed by atoms with van der Waals surface area (Å²) in [5.74, 6) is -1.89. The van der Waals surface area contributed by atoms with Crippen molar-refractivity contribution in [2.75, 3.05) is 6.61 Å². The van der Waals surface area contributed by atoms with Gasteiger partial charge in [-0.25, -0.2) is 0 Å². The zero-order chi connectivity index (χ0) is 20.2. The van der Waals surface area contributed by atoms with Crippen LogP contribution in [0.3, 0.4) is 0 Å². The lowest BCUT2D eigenvalue weighted by Gasteiger charge is -2.11. The Morgan fingerprint density at radius 1 is 0.815 bits per heavy atom.